The van der Waals surface area contributed by atoms with Crippen LogP contribution in [0.1, 0.15) is 37.6 Å². The first-order valence-corrected chi connectivity index (χ1v) is 7.47. The number of carbonyl (C=O) groups is 1. The van der Waals surface area contributed by atoms with Crippen LogP contribution in [0.3, 0.4) is 0 Å². The molecule has 18 heavy (non-hydrogen) atoms. The Kier molecular flexibility index (Phi) is 6.80. The number of carbonyl (C=O) groups excluding carboxylic acids is 1. The van der Waals surface area contributed by atoms with Crippen LogP contribution in [0.25, 0.3) is 0 Å². The Labute approximate surface area is 113 Å². The van der Waals surface area contributed by atoms with E-state index in [0.717, 1.165) is 12.2 Å². The predicted molar refractivity (Wildman–Crippen MR) is 76.5 cm³/mol. The minimum Gasteiger partial charge on any atom is -0.492 e. The van der Waals surface area contributed by atoms with Crippen LogP contribution >= 0.6 is 11.8 Å². The molecule has 0 radical (unpaired) electrons. The first-order valence-electron chi connectivity index (χ1n) is 6.32. The molecule has 0 fully saturated rings. The normalized spacial score (nSPS) is 10.7. The van der Waals surface area contributed by atoms with Gasteiger partial charge in [0.1, 0.15) is 5.75 Å². The van der Waals surface area contributed by atoms with E-state index in [1.54, 1.807) is 30.2 Å². The Morgan fingerprint density at radius 3 is 2.89 bits per heavy atom. The topological polar surface area (TPSA) is 39.2 Å². The summed E-state index contributed by atoms with van der Waals surface area (Å²) in [6.45, 7) is 7.00. The zero-order chi connectivity index (χ0) is 13.4. The maximum Gasteiger partial charge on any atom is 0.174 e. The van der Waals surface area contributed by atoms with E-state index in [1.165, 1.54) is 0 Å². The monoisotopic (exact) mass is 267 g/mol. The molecule has 0 unspecified atom stereocenters. The van der Waals surface area contributed by atoms with Crippen molar-refractivity contribution in [3.8, 4) is 5.75 Å². The molecule has 1 rings (SSSR count). The SMILES string of the molecule is CCCOc1cncc(C(=O)CSCC(C)C)c1. The highest BCUT2D eigenvalue weighted by atomic mass is 32.2. The van der Waals surface area contributed by atoms with Crippen molar-refractivity contribution in [2.75, 3.05) is 18.1 Å². The van der Waals surface area contributed by atoms with Gasteiger partial charge in [0.25, 0.3) is 0 Å². The highest BCUT2D eigenvalue weighted by Gasteiger charge is 2.08. The number of hydrogen-bond acceptors (Lipinski definition) is 4. The van der Waals surface area contributed by atoms with Crippen molar-refractivity contribution >= 4 is 17.5 Å². The summed E-state index contributed by atoms with van der Waals surface area (Å²) < 4.78 is 5.47. The maximum absolute atomic E-state index is 11.9. The maximum atomic E-state index is 11.9. The number of rotatable bonds is 8. The molecule has 100 valence electrons. The lowest BCUT2D eigenvalue weighted by Gasteiger charge is -2.06. The van der Waals surface area contributed by atoms with Gasteiger partial charge in [0.2, 0.25) is 0 Å². The van der Waals surface area contributed by atoms with Gasteiger partial charge >= 0.3 is 0 Å². The zero-order valence-electron chi connectivity index (χ0n) is 11.3. The van der Waals surface area contributed by atoms with Gasteiger partial charge in [-0.3, -0.25) is 9.78 Å². The Morgan fingerprint density at radius 1 is 1.44 bits per heavy atom. The lowest BCUT2D eigenvalue weighted by atomic mass is 10.2. The Bertz CT molecular complexity index is 380. The first kappa shape index (κ1) is 15.0. The van der Waals surface area contributed by atoms with Crippen LogP contribution in [0.15, 0.2) is 18.5 Å². The van der Waals surface area contributed by atoms with Gasteiger partial charge < -0.3 is 4.74 Å². The number of pyridine rings is 1. The fourth-order valence-corrected chi connectivity index (χ4v) is 2.28. The number of nitrogens with zero attached hydrogens (tertiary/aromatic N) is 1. The summed E-state index contributed by atoms with van der Waals surface area (Å²) in [5.41, 5.74) is 0.639. The summed E-state index contributed by atoms with van der Waals surface area (Å²) in [5.74, 6) is 2.93. The van der Waals surface area contributed by atoms with E-state index >= 15 is 0 Å². The van der Waals surface area contributed by atoms with Gasteiger partial charge in [-0.05, 0) is 24.2 Å². The molecule has 0 aliphatic heterocycles. The molecule has 0 saturated heterocycles. The molecular formula is C14H21NO2S. The fraction of sp³-hybridized carbons (Fsp3) is 0.571. The van der Waals surface area contributed by atoms with Crippen LogP contribution in [-0.2, 0) is 0 Å². The second kappa shape index (κ2) is 8.14. The van der Waals surface area contributed by atoms with Gasteiger partial charge in [-0.2, -0.15) is 11.8 Å². The van der Waals surface area contributed by atoms with Gasteiger partial charge in [0, 0.05) is 11.8 Å². The van der Waals surface area contributed by atoms with E-state index in [4.69, 9.17) is 4.74 Å². The van der Waals surface area contributed by atoms with Gasteiger partial charge in [0.15, 0.2) is 5.78 Å². The molecule has 0 N–H and O–H groups in total. The standard InChI is InChI=1S/C14H21NO2S/c1-4-5-17-13-6-12(7-15-8-13)14(16)10-18-9-11(2)3/h6-8,11H,4-5,9-10H2,1-3H3. The van der Waals surface area contributed by atoms with E-state index < -0.39 is 0 Å². The number of ether oxygens (including phenoxy) is 1. The molecule has 0 aliphatic carbocycles. The van der Waals surface area contributed by atoms with Crippen LogP contribution in [0.2, 0.25) is 0 Å². The van der Waals surface area contributed by atoms with Crippen molar-refractivity contribution in [1.29, 1.82) is 0 Å². The molecule has 0 aliphatic rings. The molecule has 0 bridgehead atoms. The van der Waals surface area contributed by atoms with Crippen molar-refractivity contribution in [3.63, 3.8) is 0 Å². The van der Waals surface area contributed by atoms with Crippen molar-refractivity contribution in [2.24, 2.45) is 5.92 Å². The summed E-state index contributed by atoms with van der Waals surface area (Å²) in [7, 11) is 0. The van der Waals surface area contributed by atoms with Crippen LogP contribution in [0.4, 0.5) is 0 Å². The number of thioether (sulfide) groups is 1. The van der Waals surface area contributed by atoms with E-state index in [0.29, 0.717) is 29.6 Å². The molecule has 0 aromatic carbocycles. The second-order valence-corrected chi connectivity index (χ2v) is 5.62. The highest BCUT2D eigenvalue weighted by Crippen LogP contribution is 2.15. The van der Waals surface area contributed by atoms with E-state index in [-0.39, 0.29) is 5.78 Å². The minimum atomic E-state index is 0.120. The lowest BCUT2D eigenvalue weighted by Crippen LogP contribution is -2.06. The smallest absolute Gasteiger partial charge is 0.174 e. The highest BCUT2D eigenvalue weighted by molar-refractivity contribution is 7.99. The summed E-state index contributed by atoms with van der Waals surface area (Å²) in [4.78, 5) is 16.0. The van der Waals surface area contributed by atoms with Crippen molar-refractivity contribution < 1.29 is 9.53 Å². The molecule has 1 aromatic rings. The Balaban J connectivity index is 2.51. The number of ketones is 1. The molecule has 0 atom stereocenters. The Hall–Kier alpha value is -1.03. The third kappa shape index (κ3) is 5.54. The van der Waals surface area contributed by atoms with E-state index in [2.05, 4.69) is 18.8 Å². The van der Waals surface area contributed by atoms with Crippen molar-refractivity contribution in [2.45, 2.75) is 27.2 Å². The third-order valence-electron chi connectivity index (χ3n) is 2.19. The molecule has 4 heteroatoms. The quantitative estimate of drug-likeness (QED) is 0.676. The van der Waals surface area contributed by atoms with Crippen LogP contribution in [0.5, 0.6) is 5.75 Å². The molecule has 1 heterocycles. The Morgan fingerprint density at radius 2 is 2.22 bits per heavy atom. The second-order valence-electron chi connectivity index (χ2n) is 4.59. The van der Waals surface area contributed by atoms with Crippen molar-refractivity contribution in [3.05, 3.63) is 24.0 Å². The van der Waals surface area contributed by atoms with Gasteiger partial charge in [-0.1, -0.05) is 20.8 Å². The molecule has 3 nitrogen and oxygen atoms in total. The fourth-order valence-electron chi connectivity index (χ4n) is 1.34. The lowest BCUT2D eigenvalue weighted by molar-refractivity contribution is 0.102. The van der Waals surface area contributed by atoms with Gasteiger partial charge in [-0.25, -0.2) is 0 Å². The van der Waals surface area contributed by atoms with Gasteiger partial charge in [0.05, 0.1) is 18.6 Å². The summed E-state index contributed by atoms with van der Waals surface area (Å²) in [5, 5.41) is 0. The van der Waals surface area contributed by atoms with Crippen LogP contribution in [0, 0.1) is 5.92 Å². The molecule has 0 saturated carbocycles. The molecule has 0 amide bonds. The zero-order valence-corrected chi connectivity index (χ0v) is 12.1. The average Bonchev–Trinajstić information content (AvgIpc) is 2.36. The third-order valence-corrected chi connectivity index (χ3v) is 3.56. The van der Waals surface area contributed by atoms with Crippen molar-refractivity contribution in [1.82, 2.24) is 4.98 Å². The molecular weight excluding hydrogens is 246 g/mol. The number of aromatic nitrogens is 1. The number of Topliss-reactive ketones (excluding diaryl/α,β-unsaturated/α-hetero) is 1. The minimum absolute atomic E-state index is 0.120. The largest absolute Gasteiger partial charge is 0.492 e. The summed E-state index contributed by atoms with van der Waals surface area (Å²) in [6, 6.07) is 1.78. The van der Waals surface area contributed by atoms with Crippen LogP contribution in [-0.4, -0.2) is 28.9 Å². The molecule has 1 aromatic heterocycles. The van der Waals surface area contributed by atoms with Gasteiger partial charge in [-0.15, -0.1) is 0 Å². The van der Waals surface area contributed by atoms with E-state index in [9.17, 15) is 4.79 Å². The number of hydrogen-bond donors (Lipinski definition) is 0. The first-order chi connectivity index (χ1) is 8.63. The average molecular weight is 267 g/mol. The van der Waals surface area contributed by atoms with Crippen LogP contribution < -0.4 is 4.74 Å². The summed E-state index contributed by atoms with van der Waals surface area (Å²) in [6.07, 6.45) is 4.20. The predicted octanol–water partition coefficient (Wildman–Crippen LogP) is 3.44. The molecule has 0 spiro atoms. The summed E-state index contributed by atoms with van der Waals surface area (Å²) >= 11 is 1.67. The van der Waals surface area contributed by atoms with E-state index in [1.807, 2.05) is 6.92 Å².